The molecule has 0 radical (unpaired) electrons. The lowest BCUT2D eigenvalue weighted by molar-refractivity contribution is -0.155. The molecule has 2 aromatic rings. The van der Waals surface area contributed by atoms with Crippen LogP contribution in [0, 0.1) is 23.2 Å². The lowest BCUT2D eigenvalue weighted by atomic mass is 9.42. The molecule has 5 fully saturated rings. The molecule has 6 atom stereocenters. The van der Waals surface area contributed by atoms with Crippen LogP contribution in [0.25, 0.3) is 0 Å². The Balaban J connectivity index is 1.39. The summed E-state index contributed by atoms with van der Waals surface area (Å²) in [7, 11) is 3.41. The zero-order valence-electron chi connectivity index (χ0n) is 26.3. The molecule has 2 N–H and O–H groups in total. The van der Waals surface area contributed by atoms with Gasteiger partial charge in [0.2, 0.25) is 5.91 Å². The van der Waals surface area contributed by atoms with Crippen molar-refractivity contribution in [3.8, 4) is 5.75 Å². The Bertz CT molecular complexity index is 1320. The van der Waals surface area contributed by atoms with Gasteiger partial charge in [-0.3, -0.25) is 4.79 Å². The largest absolute Gasteiger partial charge is 0.496 e. The summed E-state index contributed by atoms with van der Waals surface area (Å²) in [5.41, 5.74) is 3.37. The summed E-state index contributed by atoms with van der Waals surface area (Å²) in [5, 5.41) is 14.6. The number of carboxylic acid groups (broad SMARTS) is 1. The van der Waals surface area contributed by atoms with Crippen molar-refractivity contribution in [1.29, 1.82) is 0 Å². The molecular weight excluding hydrogens is 540 g/mol. The molecule has 2 aromatic carbocycles. The second-order valence-corrected chi connectivity index (χ2v) is 14.7. The summed E-state index contributed by atoms with van der Waals surface area (Å²) in [5.74, 6) is 0.135. The van der Waals surface area contributed by atoms with Crippen LogP contribution in [0.3, 0.4) is 0 Å². The van der Waals surface area contributed by atoms with Crippen LogP contribution < -0.4 is 10.1 Å². The first-order valence-corrected chi connectivity index (χ1v) is 16.1. The number of carbonyl (C=O) groups excluding carboxylic acids is 1. The molecule has 1 amide bonds. The van der Waals surface area contributed by atoms with Gasteiger partial charge >= 0.3 is 5.97 Å². The maximum atomic E-state index is 14.5. The van der Waals surface area contributed by atoms with Crippen LogP contribution in [0.5, 0.6) is 5.75 Å². The Labute approximate surface area is 256 Å². The van der Waals surface area contributed by atoms with E-state index in [1.165, 1.54) is 24.8 Å². The van der Waals surface area contributed by atoms with Gasteiger partial charge < -0.3 is 24.8 Å². The average molecular weight is 589 g/mol. The van der Waals surface area contributed by atoms with Crippen molar-refractivity contribution in [2.75, 3.05) is 14.2 Å². The molecule has 232 valence electrons. The van der Waals surface area contributed by atoms with E-state index < -0.39 is 18.1 Å². The predicted octanol–water partition coefficient (Wildman–Crippen LogP) is 6.11. The van der Waals surface area contributed by atoms with E-state index in [9.17, 15) is 14.7 Å². The third-order valence-corrected chi connectivity index (χ3v) is 11.1. The summed E-state index contributed by atoms with van der Waals surface area (Å²) in [6.07, 6.45) is 7.08. The molecule has 7 rings (SSSR count). The Kier molecular flexibility index (Phi) is 8.10. The number of rotatable bonds is 9. The van der Waals surface area contributed by atoms with Crippen molar-refractivity contribution in [2.24, 2.45) is 23.2 Å². The Morgan fingerprint density at radius 1 is 1.05 bits per heavy atom. The maximum absolute atomic E-state index is 14.5. The fraction of sp³-hybridized carbons (Fsp3) is 0.611. The fourth-order valence-corrected chi connectivity index (χ4v) is 8.83. The molecule has 4 saturated carbocycles. The molecule has 0 aromatic heterocycles. The minimum atomic E-state index is -0.952. The van der Waals surface area contributed by atoms with Gasteiger partial charge in [0.15, 0.2) is 0 Å². The van der Waals surface area contributed by atoms with E-state index in [0.29, 0.717) is 18.4 Å². The Morgan fingerprint density at radius 2 is 1.77 bits per heavy atom. The molecule has 5 aliphatic rings. The highest BCUT2D eigenvalue weighted by Crippen LogP contribution is 2.65. The normalized spacial score (nSPS) is 33.4. The van der Waals surface area contributed by atoms with E-state index in [2.05, 4.69) is 44.3 Å². The summed E-state index contributed by atoms with van der Waals surface area (Å²) >= 11 is 0. The molecule has 2 bridgehead atoms. The number of hydrogen-bond donors (Lipinski definition) is 2. The molecule has 1 aliphatic heterocycles. The highest BCUT2D eigenvalue weighted by atomic mass is 16.5. The third kappa shape index (κ3) is 5.37. The number of amides is 1. The summed E-state index contributed by atoms with van der Waals surface area (Å²) in [6.45, 7) is 6.83. The first-order valence-electron chi connectivity index (χ1n) is 16.1. The number of nitrogens with one attached hydrogen (secondary N) is 1. The number of methoxy groups -OCH3 is 2. The minimum absolute atomic E-state index is 0.0249. The van der Waals surface area contributed by atoms with E-state index in [4.69, 9.17) is 9.47 Å². The summed E-state index contributed by atoms with van der Waals surface area (Å²) in [6, 6.07) is 14.9. The molecule has 0 spiro atoms. The zero-order valence-corrected chi connectivity index (χ0v) is 26.3. The molecule has 1 saturated heterocycles. The van der Waals surface area contributed by atoms with Crippen molar-refractivity contribution in [1.82, 2.24) is 10.2 Å². The fourth-order valence-electron chi connectivity index (χ4n) is 8.83. The first kappa shape index (κ1) is 30.1. The molecule has 0 unspecified atom stereocenters. The van der Waals surface area contributed by atoms with Crippen LogP contribution in [0.15, 0.2) is 48.5 Å². The molecule has 1 heterocycles. The summed E-state index contributed by atoms with van der Waals surface area (Å²) in [4.78, 5) is 29.5. The number of nitrogens with zero attached hydrogens (tertiary/aromatic N) is 1. The van der Waals surface area contributed by atoms with Crippen molar-refractivity contribution in [3.63, 3.8) is 0 Å². The van der Waals surface area contributed by atoms with Gasteiger partial charge in [0.1, 0.15) is 11.8 Å². The van der Waals surface area contributed by atoms with Crippen molar-refractivity contribution < 1.29 is 24.2 Å². The van der Waals surface area contributed by atoms with Gasteiger partial charge in [0.05, 0.1) is 19.3 Å². The van der Waals surface area contributed by atoms with Gasteiger partial charge in [0.25, 0.3) is 0 Å². The van der Waals surface area contributed by atoms with Crippen LogP contribution in [0.2, 0.25) is 0 Å². The quantitative estimate of drug-likeness (QED) is 0.368. The van der Waals surface area contributed by atoms with E-state index in [1.807, 2.05) is 30.3 Å². The van der Waals surface area contributed by atoms with Gasteiger partial charge in [-0.1, -0.05) is 69.7 Å². The van der Waals surface area contributed by atoms with Gasteiger partial charge in [-0.2, -0.15) is 0 Å². The number of aliphatic carboxylic acids is 1. The highest BCUT2D eigenvalue weighted by molar-refractivity contribution is 5.87. The van der Waals surface area contributed by atoms with E-state index >= 15 is 0 Å². The minimum Gasteiger partial charge on any atom is -0.496 e. The van der Waals surface area contributed by atoms with Crippen LogP contribution in [0.1, 0.15) is 88.4 Å². The molecule has 4 aliphatic carbocycles. The number of hydrogen-bond acceptors (Lipinski definition) is 5. The molecule has 7 nitrogen and oxygen atoms in total. The second-order valence-electron chi connectivity index (χ2n) is 14.7. The summed E-state index contributed by atoms with van der Waals surface area (Å²) < 4.78 is 11.5. The van der Waals surface area contributed by atoms with Gasteiger partial charge in [-0.25, -0.2) is 4.79 Å². The number of benzene rings is 2. The monoisotopic (exact) mass is 588 g/mol. The lowest BCUT2D eigenvalue weighted by Crippen LogP contribution is -2.55. The van der Waals surface area contributed by atoms with Gasteiger partial charge in [-0.05, 0) is 72.5 Å². The van der Waals surface area contributed by atoms with Crippen LogP contribution >= 0.6 is 0 Å². The maximum Gasteiger partial charge on any atom is 0.326 e. The smallest absolute Gasteiger partial charge is 0.326 e. The van der Waals surface area contributed by atoms with Crippen molar-refractivity contribution in [2.45, 2.75) is 102 Å². The van der Waals surface area contributed by atoms with Crippen LogP contribution in [0.4, 0.5) is 0 Å². The second kappa shape index (κ2) is 11.6. The van der Waals surface area contributed by atoms with Gasteiger partial charge in [-0.15, -0.1) is 0 Å². The molecule has 7 heteroatoms. The topological polar surface area (TPSA) is 88.1 Å². The number of likely N-dealkylation sites (tertiary alicyclic amines) is 1. The van der Waals surface area contributed by atoms with E-state index in [-0.39, 0.29) is 35.3 Å². The highest BCUT2D eigenvalue weighted by Gasteiger charge is 2.59. The first-order chi connectivity index (χ1) is 20.6. The molecule has 43 heavy (non-hydrogen) atoms. The van der Waals surface area contributed by atoms with Crippen LogP contribution in [-0.2, 0) is 26.3 Å². The Hall–Kier alpha value is -2.90. The lowest BCUT2D eigenvalue weighted by Gasteiger charge is -2.62. The van der Waals surface area contributed by atoms with Gasteiger partial charge in [0, 0.05) is 37.1 Å². The average Bonchev–Trinajstić information content (AvgIpc) is 3.31. The van der Waals surface area contributed by atoms with E-state index in [0.717, 1.165) is 42.1 Å². The molecular formula is C36H48N2O5. The van der Waals surface area contributed by atoms with Crippen LogP contribution in [-0.4, -0.2) is 54.3 Å². The SMILES string of the molecule is COc1ccc(C23CC(C2)C3)cc1CN[C@H]1[C@H](C(C)(C)C)[C@@H](C(=O)O)N(C(=O)[C@@H]2CCC[C@@H](OC)C2)[C@H]1c1ccccc1. The standard InChI is InChI=1S/C36H48N2O5/c1-35(2,3)29-30(37-21-25-16-26(14-15-28(25)43-5)36-18-22(19-36)20-36)31(23-10-7-6-8-11-23)38(32(29)34(40)41)33(39)24-12-9-13-27(17-24)42-4/h6-8,10-11,14-16,22,24,27,29-32,37H,9,12-13,17-21H2,1-5H3,(H,40,41)/t22?,24-,27-,29+,30+,31+,32+,36?/m1/s1. The van der Waals surface area contributed by atoms with Crippen molar-refractivity contribution in [3.05, 3.63) is 65.2 Å². The number of carboxylic acids is 1. The third-order valence-electron chi connectivity index (χ3n) is 11.1. The zero-order chi connectivity index (χ0) is 30.5. The predicted molar refractivity (Wildman–Crippen MR) is 166 cm³/mol. The number of ether oxygens (including phenoxy) is 2. The van der Waals surface area contributed by atoms with E-state index in [1.54, 1.807) is 19.1 Å². The van der Waals surface area contributed by atoms with Crippen molar-refractivity contribution >= 4 is 11.9 Å². The Morgan fingerprint density at radius 3 is 2.35 bits per heavy atom. The number of carbonyl (C=O) groups is 2.